The molecule has 3 N–H and O–H groups in total. The molecule has 4 rings (SSSR count). The molecule has 0 saturated heterocycles. The summed E-state index contributed by atoms with van der Waals surface area (Å²) in [5, 5.41) is 32.6. The largest absolute Gasteiger partial charge is 0.726 e. The fourth-order valence-electron chi connectivity index (χ4n) is 2.98. The molecule has 2 aromatic heterocycles. The molecule has 0 aliphatic rings. The summed E-state index contributed by atoms with van der Waals surface area (Å²) < 4.78 is 34.8. The summed E-state index contributed by atoms with van der Waals surface area (Å²) in [6.45, 7) is 2.11. The fourth-order valence-corrected chi connectivity index (χ4v) is 2.98. The van der Waals surface area contributed by atoms with E-state index in [4.69, 9.17) is 0 Å². The van der Waals surface area contributed by atoms with E-state index in [1.54, 1.807) is 19.1 Å². The van der Waals surface area contributed by atoms with E-state index in [1.165, 1.54) is 0 Å². The van der Waals surface area contributed by atoms with Gasteiger partial charge in [-0.25, -0.2) is 8.42 Å². The Balaban J connectivity index is 0.000000255. The average Bonchev–Trinajstić information content (AvgIpc) is 2.80. The molecule has 36 heavy (non-hydrogen) atoms. The Bertz CT molecular complexity index is 1240. The second-order valence-electron chi connectivity index (χ2n) is 7.06. The van der Waals surface area contributed by atoms with E-state index in [0.717, 1.165) is 28.9 Å². The van der Waals surface area contributed by atoms with Crippen LogP contribution in [0, 0.1) is 0 Å². The van der Waals surface area contributed by atoms with E-state index in [9.17, 15) is 33.1 Å². The molecule has 0 saturated carbocycles. The highest BCUT2D eigenvalue weighted by molar-refractivity contribution is 7.80. The maximum Gasteiger partial charge on any atom is 0.254 e. The van der Waals surface area contributed by atoms with Crippen LogP contribution in [0.4, 0.5) is 4.79 Å². The lowest BCUT2D eigenvalue weighted by molar-refractivity contribution is -0.645. The molecule has 2 heterocycles. The summed E-state index contributed by atoms with van der Waals surface area (Å²) in [6.07, 6.45) is 2.63. The maximum atomic E-state index is 9.53. The van der Waals surface area contributed by atoms with Crippen molar-refractivity contribution in [2.24, 2.45) is 14.1 Å². The lowest BCUT2D eigenvalue weighted by atomic mass is 10.2. The van der Waals surface area contributed by atoms with Gasteiger partial charge in [0.25, 0.3) is 11.0 Å². The Morgan fingerprint density at radius 2 is 1.25 bits per heavy atom. The van der Waals surface area contributed by atoms with E-state index >= 15 is 0 Å². The summed E-state index contributed by atoms with van der Waals surface area (Å²) in [5.41, 5.74) is 1.75. The zero-order valence-electron chi connectivity index (χ0n) is 20.3. The summed E-state index contributed by atoms with van der Waals surface area (Å²) in [7, 11) is 0.233. The van der Waals surface area contributed by atoms with Gasteiger partial charge in [0.05, 0.1) is 17.9 Å². The van der Waals surface area contributed by atoms with Crippen molar-refractivity contribution in [2.75, 3.05) is 13.7 Å². The number of phenols is 2. The molecule has 194 valence electrons. The number of hydrogen-bond donors (Lipinski definition) is 3. The van der Waals surface area contributed by atoms with Crippen molar-refractivity contribution in [1.29, 1.82) is 0 Å². The number of rotatable bonds is 2. The van der Waals surface area contributed by atoms with E-state index in [0.29, 0.717) is 18.0 Å². The Morgan fingerprint density at radius 1 is 0.889 bits per heavy atom. The zero-order chi connectivity index (χ0) is 27.3. The molecule has 0 bridgehead atoms. The van der Waals surface area contributed by atoms with Crippen molar-refractivity contribution in [3.63, 3.8) is 0 Å². The first kappa shape index (κ1) is 30.0. The van der Waals surface area contributed by atoms with Crippen molar-refractivity contribution >= 4 is 38.3 Å². The van der Waals surface area contributed by atoms with Crippen LogP contribution in [0.3, 0.4) is 0 Å². The Morgan fingerprint density at radius 3 is 1.50 bits per heavy atom. The van der Waals surface area contributed by atoms with Gasteiger partial charge >= 0.3 is 0 Å². The van der Waals surface area contributed by atoms with Crippen LogP contribution >= 0.6 is 0 Å². The SMILES string of the molecule is CCNC(=O)[O-].COS(=O)(=O)[O-].C[n+]1cccc2cccc(O)c21.C[n+]1cccc2cccc(O)c21. The highest BCUT2D eigenvalue weighted by Crippen LogP contribution is 2.20. The second-order valence-corrected chi connectivity index (χ2v) is 8.21. The molecular weight excluding hydrogens is 490 g/mol. The average molecular weight is 520 g/mol. The number of phenolic OH excluding ortho intramolecular Hbond substituents is 2. The third-order valence-corrected chi connectivity index (χ3v) is 4.90. The van der Waals surface area contributed by atoms with Gasteiger partial charge < -0.3 is 30.0 Å². The minimum atomic E-state index is -4.41. The molecule has 1 amide bonds. The molecular formula is C24H29N3O8S. The van der Waals surface area contributed by atoms with Gasteiger partial charge in [0, 0.05) is 18.7 Å². The number of nitrogens with one attached hydrogen (secondary N) is 1. The molecule has 0 spiro atoms. The number of aromatic nitrogens is 2. The molecule has 0 aliphatic carbocycles. The number of carbonyl (C=O) groups excluding carboxylic acids is 1. The minimum Gasteiger partial charge on any atom is -0.726 e. The normalized spacial score (nSPS) is 10.1. The molecule has 0 fully saturated rings. The number of benzene rings is 2. The molecule has 0 aliphatic heterocycles. The lowest BCUT2D eigenvalue weighted by Gasteiger charge is -1.98. The van der Waals surface area contributed by atoms with Crippen molar-refractivity contribution in [3.05, 3.63) is 73.1 Å². The quantitative estimate of drug-likeness (QED) is 0.198. The minimum absolute atomic E-state index is 0.329. The highest BCUT2D eigenvalue weighted by atomic mass is 32.3. The Kier molecular flexibility index (Phi) is 12.0. The first-order valence-electron chi connectivity index (χ1n) is 10.5. The number of nitrogens with zero attached hydrogens (tertiary/aromatic N) is 2. The van der Waals surface area contributed by atoms with Gasteiger partial charge in [-0.15, -0.1) is 0 Å². The number of carboxylic acid groups (broad SMARTS) is 1. The fraction of sp³-hybridized carbons (Fsp3) is 0.208. The number of pyridine rings is 2. The lowest BCUT2D eigenvalue weighted by Crippen LogP contribution is -2.35. The Labute approximate surface area is 209 Å². The van der Waals surface area contributed by atoms with Crippen LogP contribution in [-0.2, 0) is 28.7 Å². The number of aryl methyl sites for hydroxylation is 2. The summed E-state index contributed by atoms with van der Waals surface area (Å²) in [5.74, 6) is 0.659. The second kappa shape index (κ2) is 14.4. The molecule has 0 unspecified atom stereocenters. The first-order chi connectivity index (χ1) is 16.9. The van der Waals surface area contributed by atoms with Gasteiger partial charge in [0.1, 0.15) is 20.2 Å². The molecule has 2 aromatic carbocycles. The number of aromatic hydroxyl groups is 2. The number of para-hydroxylation sites is 2. The standard InChI is InChI=1S/2C10H9NO.C3H7NO2.CH4O4S/c2*1-11-7-3-5-8-4-2-6-9(12)10(8)11;1-2-4-3(5)6;1-5-6(2,3)4/h2*2-7H,1H3;4H,2H2,1H3,(H,5,6);1H3,(H,2,3,4). The van der Waals surface area contributed by atoms with Crippen LogP contribution < -0.4 is 19.6 Å². The van der Waals surface area contributed by atoms with Crippen molar-refractivity contribution in [3.8, 4) is 11.5 Å². The predicted molar refractivity (Wildman–Crippen MR) is 129 cm³/mol. The van der Waals surface area contributed by atoms with Crippen molar-refractivity contribution in [2.45, 2.75) is 6.92 Å². The zero-order valence-corrected chi connectivity index (χ0v) is 21.1. The first-order valence-corrected chi connectivity index (χ1v) is 11.8. The Hall–Kier alpha value is -4.00. The molecule has 4 aromatic rings. The number of amides is 1. The van der Waals surface area contributed by atoms with Crippen molar-refractivity contribution in [1.82, 2.24) is 5.32 Å². The van der Waals surface area contributed by atoms with E-state index in [2.05, 4.69) is 4.18 Å². The van der Waals surface area contributed by atoms with Crippen LogP contribution in [0.15, 0.2) is 73.1 Å². The number of carbonyl (C=O) groups is 1. The van der Waals surface area contributed by atoms with Crippen LogP contribution in [0.5, 0.6) is 11.5 Å². The van der Waals surface area contributed by atoms with Crippen LogP contribution in [0.2, 0.25) is 0 Å². The molecule has 0 radical (unpaired) electrons. The summed E-state index contributed by atoms with van der Waals surface area (Å²) >= 11 is 0. The number of hydrogen-bond acceptors (Lipinski definition) is 8. The molecule has 12 heteroatoms. The van der Waals surface area contributed by atoms with Gasteiger partial charge in [-0.2, -0.15) is 9.13 Å². The molecule has 0 atom stereocenters. The monoisotopic (exact) mass is 519 g/mol. The van der Waals surface area contributed by atoms with E-state index < -0.39 is 16.5 Å². The van der Waals surface area contributed by atoms with Crippen LogP contribution in [-0.4, -0.2) is 42.9 Å². The predicted octanol–water partition coefficient (Wildman–Crippen LogP) is 0.772. The third-order valence-electron chi connectivity index (χ3n) is 4.49. The smallest absolute Gasteiger partial charge is 0.254 e. The summed E-state index contributed by atoms with van der Waals surface area (Å²) in [4.78, 5) is 9.38. The van der Waals surface area contributed by atoms with Crippen molar-refractivity contribution < 1.29 is 46.4 Å². The van der Waals surface area contributed by atoms with E-state index in [-0.39, 0.29) is 0 Å². The van der Waals surface area contributed by atoms with Crippen LogP contribution in [0.25, 0.3) is 21.8 Å². The van der Waals surface area contributed by atoms with Gasteiger partial charge in [0.2, 0.25) is 10.4 Å². The third kappa shape index (κ3) is 10.1. The van der Waals surface area contributed by atoms with Gasteiger partial charge in [-0.1, -0.05) is 12.1 Å². The van der Waals surface area contributed by atoms with Gasteiger partial charge in [0.15, 0.2) is 23.9 Å². The topological polar surface area (TPSA) is 167 Å². The number of fused-ring (bicyclic) bond motifs is 2. The van der Waals surface area contributed by atoms with Gasteiger partial charge in [-0.3, -0.25) is 4.18 Å². The maximum absolute atomic E-state index is 9.53. The van der Waals surface area contributed by atoms with Gasteiger partial charge in [-0.05, 0) is 43.3 Å². The van der Waals surface area contributed by atoms with E-state index in [1.807, 2.05) is 89.5 Å². The summed E-state index contributed by atoms with van der Waals surface area (Å²) in [6, 6.07) is 18.9. The molecule has 11 nitrogen and oxygen atoms in total. The van der Waals surface area contributed by atoms with Crippen LogP contribution in [0.1, 0.15) is 6.92 Å². The highest BCUT2D eigenvalue weighted by Gasteiger charge is 2.08.